The summed E-state index contributed by atoms with van der Waals surface area (Å²) in [6.45, 7) is 5.42. The van der Waals surface area contributed by atoms with E-state index in [1.807, 2.05) is 13.8 Å². The van der Waals surface area contributed by atoms with E-state index < -0.39 is 5.60 Å². The van der Waals surface area contributed by atoms with Crippen molar-refractivity contribution in [3.63, 3.8) is 0 Å². The molecule has 1 aliphatic carbocycles. The fraction of sp³-hybridized carbons (Fsp3) is 0.917. The van der Waals surface area contributed by atoms with Gasteiger partial charge in [-0.05, 0) is 31.1 Å². The highest BCUT2D eigenvalue weighted by Gasteiger charge is 2.43. The van der Waals surface area contributed by atoms with Crippen LogP contribution in [0.1, 0.15) is 46.0 Å². The number of hydrogen-bond donors (Lipinski definition) is 4. The lowest BCUT2D eigenvalue weighted by Gasteiger charge is -2.27. The molecule has 1 rings (SSSR count). The molecule has 0 unspecified atom stereocenters. The van der Waals surface area contributed by atoms with E-state index >= 15 is 0 Å². The summed E-state index contributed by atoms with van der Waals surface area (Å²) >= 11 is 0. The Bertz CT molecular complexity index is 271. The molecule has 0 heterocycles. The van der Waals surface area contributed by atoms with Crippen LogP contribution in [0, 0.1) is 5.41 Å². The summed E-state index contributed by atoms with van der Waals surface area (Å²) in [5.74, 6) is 0.297. The van der Waals surface area contributed by atoms with Crippen molar-refractivity contribution in [1.29, 1.82) is 0 Å². The molecular weight excluding hydrogens is 218 g/mol. The molecule has 0 atom stereocenters. The Morgan fingerprint density at radius 3 is 2.41 bits per heavy atom. The lowest BCUT2D eigenvalue weighted by Crippen LogP contribution is -2.42. The molecule has 0 aromatic rings. The summed E-state index contributed by atoms with van der Waals surface area (Å²) in [5, 5.41) is 25.0. The molecule has 100 valence electrons. The molecule has 0 aromatic heterocycles. The Kier molecular flexibility index (Phi) is 4.77. The molecule has 5 N–H and O–H groups in total. The highest BCUT2D eigenvalue weighted by molar-refractivity contribution is 5.80. The van der Waals surface area contributed by atoms with E-state index in [1.54, 1.807) is 0 Å². The van der Waals surface area contributed by atoms with Gasteiger partial charge >= 0.3 is 0 Å². The average molecular weight is 243 g/mol. The van der Waals surface area contributed by atoms with Gasteiger partial charge in [0.05, 0.1) is 5.60 Å². The van der Waals surface area contributed by atoms with Crippen molar-refractivity contribution >= 4 is 5.84 Å². The zero-order valence-corrected chi connectivity index (χ0v) is 10.9. The molecule has 0 saturated heterocycles. The first-order valence-electron chi connectivity index (χ1n) is 6.39. The molecule has 1 saturated carbocycles. The van der Waals surface area contributed by atoms with Gasteiger partial charge in [-0.25, -0.2) is 0 Å². The largest absolute Gasteiger partial charge is 0.409 e. The zero-order valence-electron chi connectivity index (χ0n) is 10.9. The van der Waals surface area contributed by atoms with Crippen LogP contribution in [0.15, 0.2) is 5.16 Å². The van der Waals surface area contributed by atoms with E-state index in [2.05, 4.69) is 10.5 Å². The molecule has 1 fully saturated rings. The average Bonchev–Trinajstić information content (AvgIpc) is 3.08. The fourth-order valence-corrected chi connectivity index (χ4v) is 2.07. The maximum atomic E-state index is 10.1. The second-order valence-corrected chi connectivity index (χ2v) is 5.30. The Labute approximate surface area is 103 Å². The van der Waals surface area contributed by atoms with Crippen molar-refractivity contribution in [3.05, 3.63) is 0 Å². The first kappa shape index (κ1) is 14.3. The van der Waals surface area contributed by atoms with Crippen LogP contribution >= 0.6 is 0 Å². The van der Waals surface area contributed by atoms with Gasteiger partial charge in [0.15, 0.2) is 0 Å². The van der Waals surface area contributed by atoms with Gasteiger partial charge in [-0.3, -0.25) is 0 Å². The van der Waals surface area contributed by atoms with Crippen molar-refractivity contribution in [2.45, 2.75) is 51.6 Å². The molecule has 0 spiro atoms. The summed E-state index contributed by atoms with van der Waals surface area (Å²) in [6.07, 6.45) is 4.35. The Hall–Kier alpha value is -0.810. The smallest absolute Gasteiger partial charge is 0.139 e. The van der Waals surface area contributed by atoms with Crippen LogP contribution in [0.3, 0.4) is 0 Å². The summed E-state index contributed by atoms with van der Waals surface area (Å²) in [5.41, 5.74) is 5.08. The lowest BCUT2D eigenvalue weighted by molar-refractivity contribution is 0.0316. The molecule has 5 nitrogen and oxygen atoms in total. The van der Waals surface area contributed by atoms with Gasteiger partial charge in [-0.1, -0.05) is 19.0 Å². The minimum Gasteiger partial charge on any atom is -0.409 e. The number of nitrogens with zero attached hydrogens (tertiary/aromatic N) is 1. The normalized spacial score (nSPS) is 19.4. The van der Waals surface area contributed by atoms with Gasteiger partial charge in [0.1, 0.15) is 5.84 Å². The summed E-state index contributed by atoms with van der Waals surface area (Å²) < 4.78 is 0. The number of rotatable bonds is 8. The second kappa shape index (κ2) is 5.69. The zero-order chi connectivity index (χ0) is 12.9. The number of hydrogen-bond acceptors (Lipinski definition) is 4. The van der Waals surface area contributed by atoms with Crippen LogP contribution in [0.4, 0.5) is 0 Å². The molecular formula is C12H25N3O2. The van der Waals surface area contributed by atoms with Gasteiger partial charge in [-0.15, -0.1) is 0 Å². The predicted octanol–water partition coefficient (Wildman–Crippen LogP) is 1.04. The van der Waals surface area contributed by atoms with Crippen LogP contribution in [-0.4, -0.2) is 34.8 Å². The van der Waals surface area contributed by atoms with Crippen molar-refractivity contribution < 1.29 is 10.3 Å². The molecule has 0 aromatic carbocycles. The first-order valence-corrected chi connectivity index (χ1v) is 6.39. The maximum absolute atomic E-state index is 10.1. The molecule has 1 aliphatic rings. The third-order valence-corrected chi connectivity index (χ3v) is 3.91. The van der Waals surface area contributed by atoms with E-state index in [-0.39, 0.29) is 5.41 Å². The third-order valence-electron chi connectivity index (χ3n) is 3.91. The monoisotopic (exact) mass is 243 g/mol. The minimum atomic E-state index is -0.604. The minimum absolute atomic E-state index is 0.151. The number of aliphatic hydroxyl groups is 1. The lowest BCUT2D eigenvalue weighted by atomic mass is 9.96. The number of nitrogens with one attached hydrogen (secondary N) is 1. The van der Waals surface area contributed by atoms with E-state index in [0.29, 0.717) is 18.8 Å². The molecule has 0 bridgehead atoms. The highest BCUT2D eigenvalue weighted by atomic mass is 16.4. The number of amidine groups is 1. The second-order valence-electron chi connectivity index (χ2n) is 5.30. The third kappa shape index (κ3) is 4.16. The van der Waals surface area contributed by atoms with Crippen LogP contribution < -0.4 is 11.1 Å². The van der Waals surface area contributed by atoms with Crippen LogP contribution in [0.2, 0.25) is 0 Å². The van der Waals surface area contributed by atoms with Gasteiger partial charge in [0, 0.05) is 19.5 Å². The van der Waals surface area contributed by atoms with E-state index in [1.165, 1.54) is 0 Å². The number of nitrogens with two attached hydrogens (primary N) is 1. The Morgan fingerprint density at radius 2 is 2.00 bits per heavy atom. The van der Waals surface area contributed by atoms with Crippen molar-refractivity contribution in [1.82, 2.24) is 5.32 Å². The molecule has 0 aliphatic heterocycles. The van der Waals surface area contributed by atoms with E-state index in [9.17, 15) is 5.11 Å². The van der Waals surface area contributed by atoms with E-state index in [0.717, 1.165) is 32.2 Å². The molecule has 0 radical (unpaired) electrons. The summed E-state index contributed by atoms with van der Waals surface area (Å²) in [7, 11) is 0. The SMILES string of the molecule is CCC(O)(CC)CNCC1(CC(N)=NO)CC1. The van der Waals surface area contributed by atoms with Crippen LogP contribution in [0.5, 0.6) is 0 Å². The van der Waals surface area contributed by atoms with Gasteiger partial charge in [-0.2, -0.15) is 0 Å². The summed E-state index contributed by atoms with van der Waals surface area (Å²) in [6, 6.07) is 0. The van der Waals surface area contributed by atoms with E-state index in [4.69, 9.17) is 10.9 Å². The van der Waals surface area contributed by atoms with Crippen molar-refractivity contribution in [2.75, 3.05) is 13.1 Å². The predicted molar refractivity (Wildman–Crippen MR) is 68.1 cm³/mol. The quantitative estimate of drug-likeness (QED) is 0.222. The Morgan fingerprint density at radius 1 is 1.41 bits per heavy atom. The number of oxime groups is 1. The van der Waals surface area contributed by atoms with Gasteiger partial charge in [0.25, 0.3) is 0 Å². The highest BCUT2D eigenvalue weighted by Crippen LogP contribution is 2.48. The topological polar surface area (TPSA) is 90.9 Å². The maximum Gasteiger partial charge on any atom is 0.139 e. The van der Waals surface area contributed by atoms with Gasteiger partial charge in [0.2, 0.25) is 0 Å². The summed E-state index contributed by atoms with van der Waals surface area (Å²) in [4.78, 5) is 0. The first-order chi connectivity index (χ1) is 7.99. The van der Waals surface area contributed by atoms with Crippen molar-refractivity contribution in [3.8, 4) is 0 Å². The van der Waals surface area contributed by atoms with Crippen molar-refractivity contribution in [2.24, 2.45) is 16.3 Å². The van der Waals surface area contributed by atoms with Gasteiger partial charge < -0.3 is 21.4 Å². The van der Waals surface area contributed by atoms with Crippen LogP contribution in [-0.2, 0) is 0 Å². The molecule has 5 heteroatoms. The van der Waals surface area contributed by atoms with Crippen LogP contribution in [0.25, 0.3) is 0 Å². The molecule has 0 amide bonds. The Balaban J connectivity index is 2.31. The fourth-order valence-electron chi connectivity index (χ4n) is 2.07. The molecule has 17 heavy (non-hydrogen) atoms. The standard InChI is InChI=1S/C12H25N3O2/c1-3-12(16,4-2)9-14-8-11(5-6-11)7-10(13)15-17/h14,16-17H,3-9H2,1-2H3,(H2,13,15).